The van der Waals surface area contributed by atoms with E-state index in [2.05, 4.69) is 24.0 Å². The number of aryl methyl sites for hydroxylation is 1. The van der Waals surface area contributed by atoms with Crippen LogP contribution >= 0.6 is 0 Å². The van der Waals surface area contributed by atoms with Gasteiger partial charge >= 0.3 is 0 Å². The molecule has 0 unspecified atom stereocenters. The van der Waals surface area contributed by atoms with Crippen LogP contribution in [-0.2, 0) is 4.79 Å². The number of piperazine rings is 1. The third kappa shape index (κ3) is 3.95. The minimum Gasteiger partial charge on any atom is -0.478 e. The third-order valence-corrected chi connectivity index (χ3v) is 4.59. The molecule has 0 bridgehead atoms. The van der Waals surface area contributed by atoms with Gasteiger partial charge in [-0.3, -0.25) is 4.79 Å². The van der Waals surface area contributed by atoms with Crippen LogP contribution in [0.2, 0.25) is 0 Å². The number of rotatable bonds is 4. The number of anilines is 1. The smallest absolute Gasteiger partial charge is 0.263 e. The fourth-order valence-electron chi connectivity index (χ4n) is 3.15. The molecule has 1 amide bonds. The van der Waals surface area contributed by atoms with E-state index >= 15 is 0 Å². The molecule has 4 nitrogen and oxygen atoms in total. The van der Waals surface area contributed by atoms with E-state index in [0.29, 0.717) is 13.1 Å². The Hall–Kier alpha value is -2.63. The molecule has 0 spiro atoms. The number of hydrogen-bond donors (Lipinski definition) is 0. The summed E-state index contributed by atoms with van der Waals surface area (Å²) in [5, 5.41) is 0. The molecule has 1 fully saturated rings. The summed E-state index contributed by atoms with van der Waals surface area (Å²) in [6.07, 6.45) is -0.833. The maximum atomic E-state index is 13.7. The average Bonchev–Trinajstić information content (AvgIpc) is 2.64. The van der Waals surface area contributed by atoms with Crippen molar-refractivity contribution in [3.05, 3.63) is 59.7 Å². The fraction of sp³-hybridized carbons (Fsp3) is 0.350. The van der Waals surface area contributed by atoms with Crippen LogP contribution < -0.4 is 9.64 Å². The lowest BCUT2D eigenvalue weighted by Gasteiger charge is -2.37. The van der Waals surface area contributed by atoms with Crippen LogP contribution in [0, 0.1) is 18.6 Å². The number of hydrogen-bond acceptors (Lipinski definition) is 3. The van der Waals surface area contributed by atoms with Crippen LogP contribution in [-0.4, -0.2) is 43.1 Å². The van der Waals surface area contributed by atoms with Gasteiger partial charge in [-0.2, -0.15) is 0 Å². The van der Waals surface area contributed by atoms with Crippen LogP contribution in [0.5, 0.6) is 5.75 Å². The largest absolute Gasteiger partial charge is 0.478 e. The topological polar surface area (TPSA) is 32.8 Å². The van der Waals surface area contributed by atoms with E-state index < -0.39 is 17.7 Å². The Morgan fingerprint density at radius 1 is 1.08 bits per heavy atom. The predicted octanol–water partition coefficient (Wildman–Crippen LogP) is 3.39. The number of amides is 1. The van der Waals surface area contributed by atoms with Gasteiger partial charge < -0.3 is 14.5 Å². The third-order valence-electron chi connectivity index (χ3n) is 4.59. The van der Waals surface area contributed by atoms with Crippen molar-refractivity contribution in [3.8, 4) is 5.75 Å². The number of ether oxygens (including phenoxy) is 1. The highest BCUT2D eigenvalue weighted by Gasteiger charge is 2.27. The summed E-state index contributed by atoms with van der Waals surface area (Å²) in [5.41, 5.74) is 2.38. The van der Waals surface area contributed by atoms with Crippen LogP contribution in [0.1, 0.15) is 12.5 Å². The summed E-state index contributed by atoms with van der Waals surface area (Å²) in [6, 6.07) is 11.2. The van der Waals surface area contributed by atoms with Crippen molar-refractivity contribution >= 4 is 11.6 Å². The number of para-hydroxylation sites is 1. The first kappa shape index (κ1) is 18.2. The Bertz CT molecular complexity index is 789. The first-order valence-corrected chi connectivity index (χ1v) is 8.67. The number of nitrogens with zero attached hydrogens (tertiary/aromatic N) is 2. The molecule has 1 aliphatic heterocycles. The van der Waals surface area contributed by atoms with Crippen molar-refractivity contribution in [1.82, 2.24) is 4.90 Å². The molecule has 1 heterocycles. The van der Waals surface area contributed by atoms with Gasteiger partial charge in [-0.1, -0.05) is 18.2 Å². The van der Waals surface area contributed by atoms with Crippen molar-refractivity contribution < 1.29 is 18.3 Å². The molecule has 0 aromatic heterocycles. The van der Waals surface area contributed by atoms with Gasteiger partial charge in [-0.15, -0.1) is 0 Å². The molecule has 138 valence electrons. The standard InChI is InChI=1S/C20H22F2N2O2/c1-14-5-3-4-6-18(14)23-9-11-24(12-10-23)20(25)15(2)26-19-8-7-16(21)13-17(19)22/h3-8,13,15H,9-12H2,1-2H3/t15-/m0/s1. The van der Waals surface area contributed by atoms with Crippen molar-refractivity contribution in [2.75, 3.05) is 31.1 Å². The Balaban J connectivity index is 1.58. The first-order valence-electron chi connectivity index (χ1n) is 8.67. The van der Waals surface area contributed by atoms with Crippen LogP contribution in [0.4, 0.5) is 14.5 Å². The zero-order valence-electron chi connectivity index (χ0n) is 14.9. The second-order valence-corrected chi connectivity index (χ2v) is 6.43. The van der Waals surface area contributed by atoms with Gasteiger partial charge in [0.1, 0.15) is 5.82 Å². The molecule has 3 rings (SSSR count). The molecule has 26 heavy (non-hydrogen) atoms. The van der Waals surface area contributed by atoms with Crippen molar-refractivity contribution in [3.63, 3.8) is 0 Å². The minimum absolute atomic E-state index is 0.120. The molecule has 0 saturated carbocycles. The average molecular weight is 360 g/mol. The van der Waals surface area contributed by atoms with Gasteiger partial charge in [0.05, 0.1) is 0 Å². The van der Waals surface area contributed by atoms with E-state index in [4.69, 9.17) is 4.74 Å². The Labute approximate surface area is 152 Å². The van der Waals surface area contributed by atoms with Gasteiger partial charge in [-0.25, -0.2) is 8.78 Å². The first-order chi connectivity index (χ1) is 12.5. The molecule has 0 N–H and O–H groups in total. The second kappa shape index (κ2) is 7.72. The van der Waals surface area contributed by atoms with Gasteiger partial charge in [0.25, 0.3) is 5.91 Å². The number of benzene rings is 2. The quantitative estimate of drug-likeness (QED) is 0.838. The van der Waals surface area contributed by atoms with Crippen molar-refractivity contribution in [2.24, 2.45) is 0 Å². The van der Waals surface area contributed by atoms with Gasteiger partial charge in [0.2, 0.25) is 0 Å². The van der Waals surface area contributed by atoms with Crippen LogP contribution in [0.25, 0.3) is 0 Å². The number of halogens is 2. The van der Waals surface area contributed by atoms with E-state index in [1.807, 2.05) is 12.1 Å². The highest BCUT2D eigenvalue weighted by atomic mass is 19.1. The Morgan fingerprint density at radius 2 is 1.77 bits per heavy atom. The van der Waals surface area contributed by atoms with E-state index in [9.17, 15) is 13.6 Å². The van der Waals surface area contributed by atoms with Gasteiger partial charge in [-0.05, 0) is 37.6 Å². The normalized spacial score (nSPS) is 15.7. The van der Waals surface area contributed by atoms with Crippen molar-refractivity contribution in [2.45, 2.75) is 20.0 Å². The summed E-state index contributed by atoms with van der Waals surface area (Å²) in [7, 11) is 0. The summed E-state index contributed by atoms with van der Waals surface area (Å²) >= 11 is 0. The van der Waals surface area contributed by atoms with Gasteiger partial charge in [0.15, 0.2) is 17.7 Å². The molecular weight excluding hydrogens is 338 g/mol. The molecule has 2 aromatic rings. The van der Waals surface area contributed by atoms with Crippen LogP contribution in [0.15, 0.2) is 42.5 Å². The maximum Gasteiger partial charge on any atom is 0.263 e. The molecule has 1 aliphatic rings. The maximum absolute atomic E-state index is 13.7. The van der Waals surface area contributed by atoms with Gasteiger partial charge in [0, 0.05) is 37.9 Å². The molecule has 0 radical (unpaired) electrons. The minimum atomic E-state index is -0.833. The van der Waals surface area contributed by atoms with E-state index in [-0.39, 0.29) is 11.7 Å². The fourth-order valence-corrected chi connectivity index (χ4v) is 3.15. The summed E-state index contributed by atoms with van der Waals surface area (Å²) < 4.78 is 32.1. The van der Waals surface area contributed by atoms with E-state index in [1.165, 1.54) is 17.3 Å². The highest BCUT2D eigenvalue weighted by molar-refractivity contribution is 5.81. The SMILES string of the molecule is Cc1ccccc1N1CCN(C(=O)[C@H](C)Oc2ccc(F)cc2F)CC1. The summed E-state index contributed by atoms with van der Waals surface area (Å²) in [4.78, 5) is 16.6. The highest BCUT2D eigenvalue weighted by Crippen LogP contribution is 2.22. The Morgan fingerprint density at radius 3 is 2.42 bits per heavy atom. The van der Waals surface area contributed by atoms with E-state index in [0.717, 1.165) is 25.2 Å². The lowest BCUT2D eigenvalue weighted by molar-refractivity contribution is -0.138. The predicted molar refractivity (Wildman–Crippen MR) is 96.4 cm³/mol. The summed E-state index contributed by atoms with van der Waals surface area (Å²) in [5.74, 6) is -1.81. The lowest BCUT2D eigenvalue weighted by atomic mass is 10.1. The molecule has 1 saturated heterocycles. The zero-order chi connectivity index (χ0) is 18.7. The molecule has 2 aromatic carbocycles. The molecule has 0 aliphatic carbocycles. The molecule has 1 atom stereocenters. The summed E-state index contributed by atoms with van der Waals surface area (Å²) in [6.45, 7) is 6.26. The second-order valence-electron chi connectivity index (χ2n) is 6.43. The van der Waals surface area contributed by atoms with Crippen LogP contribution in [0.3, 0.4) is 0 Å². The number of carbonyl (C=O) groups excluding carboxylic acids is 1. The van der Waals surface area contributed by atoms with Crippen molar-refractivity contribution in [1.29, 1.82) is 0 Å². The monoisotopic (exact) mass is 360 g/mol. The number of carbonyl (C=O) groups is 1. The molecular formula is C20H22F2N2O2. The van der Waals surface area contributed by atoms with E-state index in [1.54, 1.807) is 11.8 Å². The zero-order valence-corrected chi connectivity index (χ0v) is 14.9. The lowest BCUT2D eigenvalue weighted by Crippen LogP contribution is -2.52. The Kier molecular flexibility index (Phi) is 5.40. The molecule has 6 heteroatoms.